The number of hydrogen-bond acceptors (Lipinski definition) is 4. The molecule has 0 aliphatic carbocycles. The maximum atomic E-state index is 14.0. The van der Waals surface area contributed by atoms with Crippen LogP contribution in [0.4, 0.5) is 9.18 Å². The van der Waals surface area contributed by atoms with Crippen LogP contribution in [-0.4, -0.2) is 29.0 Å². The molecule has 0 unspecified atom stereocenters. The molecule has 1 amide bonds. The highest BCUT2D eigenvalue weighted by molar-refractivity contribution is 5.89. The molecule has 0 spiro atoms. The van der Waals surface area contributed by atoms with Crippen LogP contribution in [0.25, 0.3) is 10.8 Å². The van der Waals surface area contributed by atoms with Gasteiger partial charge in [0.05, 0.1) is 6.10 Å². The van der Waals surface area contributed by atoms with Crippen molar-refractivity contribution >= 4 is 16.9 Å². The van der Waals surface area contributed by atoms with Crippen molar-refractivity contribution < 1.29 is 24.1 Å². The SMILES string of the molecule is CC[C@H](O)CNC(=O)OCc1cc(F)c2ccccc2c1O. The van der Waals surface area contributed by atoms with Gasteiger partial charge in [-0.1, -0.05) is 31.2 Å². The Bertz CT molecular complexity index is 674. The number of amides is 1. The third-order valence-electron chi connectivity index (χ3n) is 3.36. The van der Waals surface area contributed by atoms with Crippen molar-refractivity contribution in [3.63, 3.8) is 0 Å². The summed E-state index contributed by atoms with van der Waals surface area (Å²) in [6.07, 6.45) is -0.865. The van der Waals surface area contributed by atoms with Crippen LogP contribution in [0, 0.1) is 5.82 Å². The molecule has 0 radical (unpaired) electrons. The first kappa shape index (κ1) is 16.0. The minimum absolute atomic E-state index is 0.0768. The molecule has 5 nitrogen and oxygen atoms in total. The molecule has 0 bridgehead atoms. The van der Waals surface area contributed by atoms with Crippen LogP contribution in [0.3, 0.4) is 0 Å². The van der Waals surface area contributed by atoms with Crippen LogP contribution in [-0.2, 0) is 11.3 Å². The van der Waals surface area contributed by atoms with Gasteiger partial charge >= 0.3 is 6.09 Å². The van der Waals surface area contributed by atoms with E-state index in [2.05, 4.69) is 5.32 Å². The van der Waals surface area contributed by atoms with Gasteiger partial charge in [-0.25, -0.2) is 9.18 Å². The number of phenols is 1. The molecule has 0 fully saturated rings. The zero-order valence-corrected chi connectivity index (χ0v) is 12.2. The van der Waals surface area contributed by atoms with Gasteiger partial charge in [-0.2, -0.15) is 0 Å². The van der Waals surface area contributed by atoms with Gasteiger partial charge in [-0.3, -0.25) is 0 Å². The number of phenolic OH excluding ortho intramolecular Hbond substituents is 1. The lowest BCUT2D eigenvalue weighted by molar-refractivity contribution is 0.124. The maximum absolute atomic E-state index is 14.0. The number of rotatable bonds is 5. The molecule has 22 heavy (non-hydrogen) atoms. The molecule has 118 valence electrons. The fourth-order valence-electron chi connectivity index (χ4n) is 2.02. The zero-order valence-electron chi connectivity index (χ0n) is 12.2. The standard InChI is InChI=1S/C16H18FNO4/c1-2-11(19)8-18-16(21)22-9-10-7-14(17)12-5-3-4-6-13(12)15(10)20/h3-7,11,19-20H,2,8-9H2,1H3,(H,18,21)/t11-/m0/s1. The van der Waals surface area contributed by atoms with E-state index in [0.717, 1.165) is 6.07 Å². The van der Waals surface area contributed by atoms with Crippen molar-refractivity contribution in [2.75, 3.05) is 6.54 Å². The normalized spacial score (nSPS) is 12.1. The zero-order chi connectivity index (χ0) is 16.1. The minimum Gasteiger partial charge on any atom is -0.507 e. The lowest BCUT2D eigenvalue weighted by Crippen LogP contribution is -2.32. The van der Waals surface area contributed by atoms with Crippen molar-refractivity contribution in [1.29, 1.82) is 0 Å². The fraction of sp³-hybridized carbons (Fsp3) is 0.312. The fourth-order valence-corrected chi connectivity index (χ4v) is 2.02. The maximum Gasteiger partial charge on any atom is 0.407 e. The molecule has 0 aliphatic rings. The Hall–Kier alpha value is -2.34. The molecule has 6 heteroatoms. The molecular formula is C16H18FNO4. The van der Waals surface area contributed by atoms with Crippen molar-refractivity contribution in [3.8, 4) is 5.75 Å². The number of fused-ring (bicyclic) bond motifs is 1. The van der Waals surface area contributed by atoms with Crippen molar-refractivity contribution in [3.05, 3.63) is 41.7 Å². The smallest absolute Gasteiger partial charge is 0.407 e. The third-order valence-corrected chi connectivity index (χ3v) is 3.36. The van der Waals surface area contributed by atoms with Gasteiger partial charge in [0.2, 0.25) is 0 Å². The summed E-state index contributed by atoms with van der Waals surface area (Å²) in [5, 5.41) is 22.5. The molecule has 3 N–H and O–H groups in total. The van der Waals surface area contributed by atoms with Gasteiger partial charge in [-0.15, -0.1) is 0 Å². The molecule has 2 aromatic carbocycles. The Labute approximate surface area is 127 Å². The van der Waals surface area contributed by atoms with Crippen LogP contribution in [0.2, 0.25) is 0 Å². The number of hydrogen-bond donors (Lipinski definition) is 3. The number of carbonyl (C=O) groups is 1. The first-order valence-electron chi connectivity index (χ1n) is 7.00. The first-order chi connectivity index (χ1) is 10.5. The summed E-state index contributed by atoms with van der Waals surface area (Å²) in [4.78, 5) is 11.5. The lowest BCUT2D eigenvalue weighted by atomic mass is 10.1. The topological polar surface area (TPSA) is 78.8 Å². The number of carbonyl (C=O) groups excluding carboxylic acids is 1. The number of nitrogens with one attached hydrogen (secondary N) is 1. The van der Waals surface area contributed by atoms with E-state index in [1.54, 1.807) is 31.2 Å². The Morgan fingerprint density at radius 2 is 2.05 bits per heavy atom. The number of ether oxygens (including phenoxy) is 1. The summed E-state index contributed by atoms with van der Waals surface area (Å²) in [7, 11) is 0. The summed E-state index contributed by atoms with van der Waals surface area (Å²) in [6, 6.07) is 7.66. The average molecular weight is 307 g/mol. The number of alkyl carbamates (subject to hydrolysis) is 1. The van der Waals surface area contributed by atoms with Crippen molar-refractivity contribution in [2.45, 2.75) is 26.1 Å². The van der Waals surface area contributed by atoms with Gasteiger partial charge in [0.1, 0.15) is 18.2 Å². The molecule has 1 atom stereocenters. The molecule has 0 saturated carbocycles. The summed E-state index contributed by atoms with van der Waals surface area (Å²) in [5.74, 6) is -0.604. The number of benzene rings is 2. The quantitative estimate of drug-likeness (QED) is 0.793. The van der Waals surface area contributed by atoms with E-state index < -0.39 is 18.0 Å². The van der Waals surface area contributed by atoms with Crippen molar-refractivity contribution in [2.24, 2.45) is 0 Å². The van der Waals surface area contributed by atoms with E-state index in [0.29, 0.717) is 17.2 Å². The van der Waals surface area contributed by atoms with E-state index in [4.69, 9.17) is 4.74 Å². The molecule has 0 aliphatic heterocycles. The largest absolute Gasteiger partial charge is 0.507 e. The predicted molar refractivity (Wildman–Crippen MR) is 80.1 cm³/mol. The minimum atomic E-state index is -0.736. The highest BCUT2D eigenvalue weighted by Crippen LogP contribution is 2.31. The third kappa shape index (κ3) is 3.65. The van der Waals surface area contributed by atoms with E-state index in [9.17, 15) is 19.4 Å². The Kier molecular flexibility index (Phi) is 5.16. The molecule has 0 aromatic heterocycles. The van der Waals surface area contributed by atoms with Gasteiger partial charge in [0.25, 0.3) is 0 Å². The number of halogens is 1. The van der Waals surface area contributed by atoms with E-state index in [1.807, 2.05) is 0 Å². The number of aromatic hydroxyl groups is 1. The van der Waals surface area contributed by atoms with Gasteiger partial charge in [0.15, 0.2) is 0 Å². The monoisotopic (exact) mass is 307 g/mol. The molecule has 2 rings (SSSR count). The summed E-state index contributed by atoms with van der Waals surface area (Å²) in [5.41, 5.74) is 0.183. The Balaban J connectivity index is 2.06. The second-order valence-corrected chi connectivity index (χ2v) is 4.93. The van der Waals surface area contributed by atoms with Gasteiger partial charge < -0.3 is 20.3 Å². The second kappa shape index (κ2) is 7.09. The van der Waals surface area contributed by atoms with Gasteiger partial charge in [-0.05, 0) is 12.5 Å². The van der Waals surface area contributed by atoms with Crippen LogP contribution >= 0.6 is 0 Å². The summed E-state index contributed by atoms with van der Waals surface area (Å²) < 4.78 is 18.9. The Morgan fingerprint density at radius 3 is 2.73 bits per heavy atom. The van der Waals surface area contributed by atoms with Crippen molar-refractivity contribution in [1.82, 2.24) is 5.32 Å². The highest BCUT2D eigenvalue weighted by atomic mass is 19.1. The summed E-state index contributed by atoms with van der Waals surface area (Å²) >= 11 is 0. The first-order valence-corrected chi connectivity index (χ1v) is 7.00. The highest BCUT2D eigenvalue weighted by Gasteiger charge is 2.13. The molecule has 0 saturated heterocycles. The number of aliphatic hydroxyl groups is 1. The van der Waals surface area contributed by atoms with E-state index in [1.165, 1.54) is 0 Å². The van der Waals surface area contributed by atoms with Gasteiger partial charge in [0, 0.05) is 22.9 Å². The van der Waals surface area contributed by atoms with Crippen LogP contribution in [0.1, 0.15) is 18.9 Å². The van der Waals surface area contributed by atoms with E-state index in [-0.39, 0.29) is 24.5 Å². The van der Waals surface area contributed by atoms with Crippen LogP contribution < -0.4 is 5.32 Å². The van der Waals surface area contributed by atoms with Crippen LogP contribution in [0.5, 0.6) is 5.75 Å². The average Bonchev–Trinajstić information content (AvgIpc) is 2.54. The molecule has 0 heterocycles. The van der Waals surface area contributed by atoms with E-state index >= 15 is 0 Å². The number of aliphatic hydroxyl groups excluding tert-OH is 1. The predicted octanol–water partition coefficient (Wildman–Crippen LogP) is 2.68. The molecule has 2 aromatic rings. The second-order valence-electron chi connectivity index (χ2n) is 4.93. The summed E-state index contributed by atoms with van der Waals surface area (Å²) in [6.45, 7) is 1.60. The van der Waals surface area contributed by atoms with Crippen LogP contribution in [0.15, 0.2) is 30.3 Å². The molecular weight excluding hydrogens is 289 g/mol. The Morgan fingerprint density at radius 1 is 1.36 bits per heavy atom. The lowest BCUT2D eigenvalue weighted by Gasteiger charge is -2.12.